The van der Waals surface area contributed by atoms with Crippen LogP contribution in [0.3, 0.4) is 0 Å². The van der Waals surface area contributed by atoms with Gasteiger partial charge in [0.25, 0.3) is 0 Å². The van der Waals surface area contributed by atoms with Crippen LogP contribution in [0, 0.1) is 0 Å². The number of unbranched alkanes of at least 4 members (excludes halogenated alkanes) is 33. The molecule has 0 saturated heterocycles. The van der Waals surface area contributed by atoms with Crippen LogP contribution in [0.5, 0.6) is 0 Å². The third-order valence-electron chi connectivity index (χ3n) is 11.6. The fourth-order valence-electron chi connectivity index (χ4n) is 7.66. The summed E-state index contributed by atoms with van der Waals surface area (Å²) in [7, 11) is 0. The number of hydrogen-bond acceptors (Lipinski definition) is 3. The fourth-order valence-corrected chi connectivity index (χ4v) is 7.66. The van der Waals surface area contributed by atoms with Gasteiger partial charge >= 0.3 is 0 Å². The maximum absolute atomic E-state index is 12.4. The molecule has 0 aromatic heterocycles. The Morgan fingerprint density at radius 1 is 0.421 bits per heavy atom. The van der Waals surface area contributed by atoms with Crippen molar-refractivity contribution in [2.75, 3.05) is 6.61 Å². The Labute approximate surface area is 356 Å². The van der Waals surface area contributed by atoms with Gasteiger partial charge in [0.05, 0.1) is 18.8 Å². The van der Waals surface area contributed by atoms with Gasteiger partial charge < -0.3 is 15.5 Å². The lowest BCUT2D eigenvalue weighted by Crippen LogP contribution is -2.45. The smallest absolute Gasteiger partial charge is 0.220 e. The van der Waals surface area contributed by atoms with E-state index in [1.165, 1.54) is 193 Å². The number of amides is 1. The second-order valence-electron chi connectivity index (χ2n) is 17.2. The number of nitrogens with one attached hydrogen (secondary N) is 1. The van der Waals surface area contributed by atoms with Crippen molar-refractivity contribution in [1.29, 1.82) is 0 Å². The molecule has 57 heavy (non-hydrogen) atoms. The van der Waals surface area contributed by atoms with Gasteiger partial charge in [-0.1, -0.05) is 249 Å². The van der Waals surface area contributed by atoms with E-state index in [0.29, 0.717) is 6.42 Å². The van der Waals surface area contributed by atoms with Crippen LogP contribution in [-0.4, -0.2) is 34.9 Å². The van der Waals surface area contributed by atoms with E-state index in [-0.39, 0.29) is 12.5 Å². The van der Waals surface area contributed by atoms with E-state index in [1.54, 1.807) is 6.08 Å². The zero-order valence-electron chi connectivity index (χ0n) is 38.4. The first kappa shape index (κ1) is 55.4. The molecule has 0 aliphatic heterocycles. The summed E-state index contributed by atoms with van der Waals surface area (Å²) < 4.78 is 0. The van der Waals surface area contributed by atoms with Crippen molar-refractivity contribution < 1.29 is 15.0 Å². The average Bonchev–Trinajstić information content (AvgIpc) is 3.22. The highest BCUT2D eigenvalue weighted by atomic mass is 16.3. The van der Waals surface area contributed by atoms with Crippen LogP contribution in [0.4, 0.5) is 0 Å². The molecule has 0 saturated carbocycles. The summed E-state index contributed by atoms with van der Waals surface area (Å²) in [5.74, 6) is -0.0749. The third-order valence-corrected chi connectivity index (χ3v) is 11.6. The van der Waals surface area contributed by atoms with Crippen molar-refractivity contribution in [1.82, 2.24) is 5.32 Å². The minimum Gasteiger partial charge on any atom is -0.394 e. The molecule has 0 aromatic carbocycles. The second-order valence-corrected chi connectivity index (χ2v) is 17.2. The van der Waals surface area contributed by atoms with Crippen molar-refractivity contribution in [2.24, 2.45) is 0 Å². The quantitative estimate of drug-likeness (QED) is 0.0424. The lowest BCUT2D eigenvalue weighted by atomic mass is 10.0. The highest BCUT2D eigenvalue weighted by molar-refractivity contribution is 5.76. The molecule has 0 aliphatic carbocycles. The first-order valence-electron chi connectivity index (χ1n) is 25.4. The predicted octanol–water partition coefficient (Wildman–Crippen LogP) is 16.3. The minimum atomic E-state index is -0.847. The molecule has 1 amide bonds. The molecule has 0 bridgehead atoms. The first-order valence-corrected chi connectivity index (χ1v) is 25.4. The van der Waals surface area contributed by atoms with E-state index in [4.69, 9.17) is 0 Å². The molecule has 0 fully saturated rings. The standard InChI is InChI=1S/C53H99NO3/c1-3-5-7-9-11-13-15-17-19-21-23-25-26-27-29-30-32-34-36-38-40-42-44-46-48-52(56)51(50-55)54-53(57)49-47-45-43-41-39-37-35-33-31-28-24-22-20-18-16-14-12-10-8-6-4-2/h16,18,22,24,31,33,46,48,51-52,55-56H,3-15,17,19-21,23,25-30,32,34-45,47,49-50H2,1-2H3,(H,54,57)/b18-16-,24-22-,33-31-,48-46+. The Morgan fingerprint density at radius 3 is 1.07 bits per heavy atom. The van der Waals surface area contributed by atoms with Crippen molar-refractivity contribution in [3.63, 3.8) is 0 Å². The molecule has 2 atom stereocenters. The van der Waals surface area contributed by atoms with Gasteiger partial charge in [-0.3, -0.25) is 4.79 Å². The second kappa shape index (κ2) is 48.7. The van der Waals surface area contributed by atoms with Gasteiger partial charge in [-0.05, 0) is 57.8 Å². The molecular weight excluding hydrogens is 699 g/mol. The Hall–Kier alpha value is -1.65. The summed E-state index contributed by atoms with van der Waals surface area (Å²) in [5.41, 5.74) is 0. The highest BCUT2D eigenvalue weighted by Gasteiger charge is 2.18. The fraction of sp³-hybridized carbons (Fsp3) is 0.830. The summed E-state index contributed by atoms with van der Waals surface area (Å²) in [4.78, 5) is 12.4. The van der Waals surface area contributed by atoms with Gasteiger partial charge in [-0.2, -0.15) is 0 Å². The van der Waals surface area contributed by atoms with E-state index in [1.807, 2.05) is 6.08 Å². The van der Waals surface area contributed by atoms with E-state index < -0.39 is 12.1 Å². The SMILES string of the molecule is CCCCCCC/C=C\C/C=C\C/C=C\CCCCCCCCC(=O)NC(CO)C(O)/C=C/CCCCCCCCCCCCCCCCCCCCCCCC. The Balaban J connectivity index is 3.56. The number of carbonyl (C=O) groups is 1. The Kier molecular flexibility index (Phi) is 47.3. The molecule has 2 unspecified atom stereocenters. The zero-order chi connectivity index (χ0) is 41.4. The largest absolute Gasteiger partial charge is 0.394 e. The molecule has 0 aromatic rings. The van der Waals surface area contributed by atoms with Gasteiger partial charge in [0.15, 0.2) is 0 Å². The Morgan fingerprint density at radius 2 is 0.719 bits per heavy atom. The summed E-state index contributed by atoms with van der Waals surface area (Å²) in [5, 5.41) is 23.1. The molecule has 3 N–H and O–H groups in total. The Bertz CT molecular complexity index is 908. The lowest BCUT2D eigenvalue weighted by Gasteiger charge is -2.20. The van der Waals surface area contributed by atoms with Crippen LogP contribution < -0.4 is 5.32 Å². The lowest BCUT2D eigenvalue weighted by molar-refractivity contribution is -0.123. The van der Waals surface area contributed by atoms with E-state index >= 15 is 0 Å². The molecule has 0 spiro atoms. The minimum absolute atomic E-state index is 0.0749. The van der Waals surface area contributed by atoms with Crippen LogP contribution in [-0.2, 0) is 4.79 Å². The monoisotopic (exact) mass is 798 g/mol. The molecule has 0 rings (SSSR count). The van der Waals surface area contributed by atoms with E-state index in [0.717, 1.165) is 51.4 Å². The molecule has 4 nitrogen and oxygen atoms in total. The highest BCUT2D eigenvalue weighted by Crippen LogP contribution is 2.16. The topological polar surface area (TPSA) is 69.6 Å². The maximum Gasteiger partial charge on any atom is 0.220 e. The number of carbonyl (C=O) groups excluding carboxylic acids is 1. The molecule has 0 heterocycles. The summed E-state index contributed by atoms with van der Waals surface area (Å²) in [6, 6.07) is -0.631. The van der Waals surface area contributed by atoms with Crippen LogP contribution in [0.25, 0.3) is 0 Å². The van der Waals surface area contributed by atoms with E-state index in [9.17, 15) is 15.0 Å². The van der Waals surface area contributed by atoms with E-state index in [2.05, 4.69) is 55.6 Å². The van der Waals surface area contributed by atoms with Gasteiger partial charge in [0.1, 0.15) is 0 Å². The van der Waals surface area contributed by atoms with Gasteiger partial charge in [-0.15, -0.1) is 0 Å². The average molecular weight is 798 g/mol. The van der Waals surface area contributed by atoms with Crippen molar-refractivity contribution in [3.05, 3.63) is 48.6 Å². The van der Waals surface area contributed by atoms with Crippen molar-refractivity contribution >= 4 is 5.91 Å². The number of allylic oxidation sites excluding steroid dienone is 7. The van der Waals surface area contributed by atoms with Crippen LogP contribution in [0.15, 0.2) is 48.6 Å². The third kappa shape index (κ3) is 45.3. The number of aliphatic hydroxyl groups is 2. The van der Waals surface area contributed by atoms with Gasteiger partial charge in [-0.25, -0.2) is 0 Å². The normalized spacial score (nSPS) is 13.3. The number of hydrogen-bond donors (Lipinski definition) is 3. The van der Waals surface area contributed by atoms with Crippen LogP contribution in [0.1, 0.15) is 264 Å². The number of aliphatic hydroxyl groups excluding tert-OH is 2. The molecular formula is C53H99NO3. The number of rotatable bonds is 46. The molecule has 0 radical (unpaired) electrons. The van der Waals surface area contributed by atoms with Crippen LogP contribution in [0.2, 0.25) is 0 Å². The molecule has 334 valence electrons. The van der Waals surface area contributed by atoms with Crippen LogP contribution >= 0.6 is 0 Å². The summed E-state index contributed by atoms with van der Waals surface area (Å²) >= 11 is 0. The van der Waals surface area contributed by atoms with Gasteiger partial charge in [0.2, 0.25) is 5.91 Å². The first-order chi connectivity index (χ1) is 28.2. The summed E-state index contributed by atoms with van der Waals surface area (Å²) in [6.45, 7) is 4.31. The van der Waals surface area contributed by atoms with Crippen molar-refractivity contribution in [3.8, 4) is 0 Å². The van der Waals surface area contributed by atoms with Crippen molar-refractivity contribution in [2.45, 2.75) is 276 Å². The van der Waals surface area contributed by atoms with Gasteiger partial charge in [0, 0.05) is 6.42 Å². The predicted molar refractivity (Wildman–Crippen MR) is 253 cm³/mol. The molecule has 0 aliphatic rings. The maximum atomic E-state index is 12.4. The molecule has 4 heteroatoms. The zero-order valence-corrected chi connectivity index (χ0v) is 38.4. The summed E-state index contributed by atoms with van der Waals surface area (Å²) in [6.07, 6.45) is 66.7.